The van der Waals surface area contributed by atoms with Crippen LogP contribution >= 0.6 is 9.24 Å². The predicted molar refractivity (Wildman–Crippen MR) is 35.9 cm³/mol. The minimum Gasteiger partial charge on any atom is -0.509 e. The summed E-state index contributed by atoms with van der Waals surface area (Å²) in [6.07, 6.45) is 0.487. The summed E-state index contributed by atoms with van der Waals surface area (Å²) in [6.45, 7) is -0.212. The van der Waals surface area contributed by atoms with E-state index in [0.717, 1.165) is 0 Å². The smallest absolute Gasteiger partial charge is 0.160 e. The van der Waals surface area contributed by atoms with Crippen LogP contribution in [0.3, 0.4) is 0 Å². The van der Waals surface area contributed by atoms with Crippen molar-refractivity contribution in [3.05, 3.63) is 11.5 Å². The van der Waals surface area contributed by atoms with Gasteiger partial charge in [-0.25, -0.2) is 0 Å². The number of hydrogen-bond donors (Lipinski definition) is 2. The maximum atomic E-state index is 8.94. The first kappa shape index (κ1) is 6.84. The van der Waals surface area contributed by atoms with E-state index >= 15 is 0 Å². The Morgan fingerprint density at radius 3 is 2.67 bits per heavy atom. The lowest BCUT2D eigenvalue weighted by Crippen LogP contribution is -1.96. The Labute approximate surface area is 55.5 Å². The molecule has 9 heavy (non-hydrogen) atoms. The molecule has 0 aliphatic carbocycles. The molecule has 1 aliphatic rings. The van der Waals surface area contributed by atoms with Crippen molar-refractivity contribution < 1.29 is 14.9 Å². The molecule has 0 saturated carbocycles. The summed E-state index contributed by atoms with van der Waals surface area (Å²) in [4.78, 5) is 0. The first-order valence-electron chi connectivity index (χ1n) is 2.68. The molecular formula is C5H9O3P. The molecule has 0 fully saturated rings. The Bertz CT molecular complexity index is 143. The van der Waals surface area contributed by atoms with Crippen LogP contribution in [-0.2, 0) is 4.74 Å². The van der Waals surface area contributed by atoms with Crippen molar-refractivity contribution in [2.24, 2.45) is 0 Å². The Balaban J connectivity index is 2.58. The fourth-order valence-electron chi connectivity index (χ4n) is 0.725. The minimum atomic E-state index is -0.212. The van der Waals surface area contributed by atoms with Crippen molar-refractivity contribution in [3.8, 4) is 0 Å². The highest BCUT2D eigenvalue weighted by Gasteiger charge is 2.20. The molecule has 0 radical (unpaired) electrons. The van der Waals surface area contributed by atoms with Crippen LogP contribution in [0.4, 0.5) is 0 Å². The monoisotopic (exact) mass is 148 g/mol. The average Bonchev–Trinajstić information content (AvgIpc) is 2.10. The number of aliphatic hydroxyl groups is 2. The van der Waals surface area contributed by atoms with Crippen LogP contribution in [0.5, 0.6) is 0 Å². The van der Waals surface area contributed by atoms with Crippen LogP contribution < -0.4 is 0 Å². The molecule has 1 aliphatic heterocycles. The van der Waals surface area contributed by atoms with Crippen molar-refractivity contribution in [1.29, 1.82) is 0 Å². The lowest BCUT2D eigenvalue weighted by atomic mass is 10.4. The molecule has 0 bridgehead atoms. The highest BCUT2D eigenvalue weighted by Crippen LogP contribution is 2.25. The zero-order valence-electron chi connectivity index (χ0n) is 4.87. The van der Waals surface area contributed by atoms with Crippen LogP contribution in [-0.4, -0.2) is 22.7 Å². The van der Waals surface area contributed by atoms with Gasteiger partial charge in [0.05, 0.1) is 0 Å². The Morgan fingerprint density at radius 2 is 2.44 bits per heavy atom. The van der Waals surface area contributed by atoms with Gasteiger partial charge in [0.1, 0.15) is 18.2 Å². The van der Waals surface area contributed by atoms with E-state index in [4.69, 9.17) is 14.9 Å². The van der Waals surface area contributed by atoms with Crippen molar-refractivity contribution in [1.82, 2.24) is 0 Å². The first-order valence-corrected chi connectivity index (χ1v) is 3.35. The topological polar surface area (TPSA) is 49.7 Å². The van der Waals surface area contributed by atoms with Crippen molar-refractivity contribution in [3.63, 3.8) is 0 Å². The maximum absolute atomic E-state index is 8.94. The predicted octanol–water partition coefficient (Wildman–Crippen LogP) is 0.370. The third kappa shape index (κ3) is 1.35. The summed E-state index contributed by atoms with van der Waals surface area (Å²) < 4.78 is 4.97. The number of hydrogen-bond acceptors (Lipinski definition) is 3. The Morgan fingerprint density at radius 1 is 1.78 bits per heavy atom. The molecular weight excluding hydrogens is 139 g/mol. The lowest BCUT2D eigenvalue weighted by molar-refractivity contribution is 0.164. The molecule has 1 rings (SSSR count). The molecule has 0 aromatic carbocycles. The summed E-state index contributed by atoms with van der Waals surface area (Å²) in [7, 11) is 2.41. The molecule has 0 saturated heterocycles. The standard InChI is InChI=1S/C5H9O3P/c6-2-4-3(7)1-5(9)8-4/h5-7H,1-2,9H2. The number of ether oxygens (including phenoxy) is 1. The van der Waals surface area contributed by atoms with E-state index in [-0.39, 0.29) is 18.2 Å². The summed E-state index contributed by atoms with van der Waals surface area (Å²) in [5.41, 5.74) is 0. The molecule has 3 nitrogen and oxygen atoms in total. The van der Waals surface area contributed by atoms with Gasteiger partial charge in [-0.05, 0) is 0 Å². The zero-order chi connectivity index (χ0) is 6.85. The maximum Gasteiger partial charge on any atom is 0.160 e. The van der Waals surface area contributed by atoms with Crippen LogP contribution in [0.15, 0.2) is 11.5 Å². The van der Waals surface area contributed by atoms with E-state index in [1.165, 1.54) is 0 Å². The fraction of sp³-hybridized carbons (Fsp3) is 0.600. The molecule has 52 valence electrons. The molecule has 2 N–H and O–H groups in total. The second-order valence-electron chi connectivity index (χ2n) is 1.89. The SMILES string of the molecule is OCC1=C(O)CC(P)O1. The molecule has 0 aromatic rings. The molecule has 0 spiro atoms. The van der Waals surface area contributed by atoms with Gasteiger partial charge < -0.3 is 14.9 Å². The third-order valence-electron chi connectivity index (χ3n) is 1.15. The van der Waals surface area contributed by atoms with Crippen LogP contribution in [0.25, 0.3) is 0 Å². The zero-order valence-corrected chi connectivity index (χ0v) is 6.03. The summed E-state index contributed by atoms with van der Waals surface area (Å²) >= 11 is 0. The van der Waals surface area contributed by atoms with Crippen LogP contribution in [0.2, 0.25) is 0 Å². The molecule has 2 atom stereocenters. The molecule has 1 heterocycles. The van der Waals surface area contributed by atoms with Crippen LogP contribution in [0.1, 0.15) is 6.42 Å². The summed E-state index contributed by atoms with van der Waals surface area (Å²) in [5, 5.41) is 17.4. The lowest BCUT2D eigenvalue weighted by Gasteiger charge is -2.02. The van der Waals surface area contributed by atoms with Gasteiger partial charge in [0.2, 0.25) is 0 Å². The molecule has 2 unspecified atom stereocenters. The highest BCUT2D eigenvalue weighted by molar-refractivity contribution is 7.17. The molecule has 0 amide bonds. The van der Waals surface area contributed by atoms with E-state index in [1.807, 2.05) is 0 Å². The van der Waals surface area contributed by atoms with Gasteiger partial charge in [0.25, 0.3) is 0 Å². The summed E-state index contributed by atoms with van der Waals surface area (Å²) in [6, 6.07) is 0. The van der Waals surface area contributed by atoms with Gasteiger partial charge in [0.15, 0.2) is 5.76 Å². The first-order chi connectivity index (χ1) is 4.24. The largest absolute Gasteiger partial charge is 0.509 e. The fourth-order valence-corrected chi connectivity index (χ4v) is 1.11. The van der Waals surface area contributed by atoms with Gasteiger partial charge in [0, 0.05) is 6.42 Å². The van der Waals surface area contributed by atoms with Gasteiger partial charge in [-0.2, -0.15) is 0 Å². The Kier molecular flexibility index (Phi) is 1.94. The molecule has 0 aromatic heterocycles. The quantitative estimate of drug-likeness (QED) is 0.528. The number of rotatable bonds is 1. The van der Waals surface area contributed by atoms with E-state index in [9.17, 15) is 0 Å². The number of aliphatic hydroxyl groups excluding tert-OH is 2. The van der Waals surface area contributed by atoms with E-state index in [2.05, 4.69) is 9.24 Å². The van der Waals surface area contributed by atoms with Gasteiger partial charge >= 0.3 is 0 Å². The van der Waals surface area contributed by atoms with Crippen molar-refractivity contribution in [2.75, 3.05) is 6.61 Å². The van der Waals surface area contributed by atoms with E-state index in [1.54, 1.807) is 0 Å². The van der Waals surface area contributed by atoms with Crippen molar-refractivity contribution >= 4 is 9.24 Å². The highest BCUT2D eigenvalue weighted by atomic mass is 31.0. The van der Waals surface area contributed by atoms with E-state index < -0.39 is 0 Å². The van der Waals surface area contributed by atoms with Crippen LogP contribution in [0, 0.1) is 0 Å². The molecule has 4 heteroatoms. The summed E-state index contributed by atoms with van der Waals surface area (Å²) in [5.74, 6) is 0.402. The van der Waals surface area contributed by atoms with E-state index in [0.29, 0.717) is 12.2 Å². The second-order valence-corrected chi connectivity index (χ2v) is 2.63. The minimum absolute atomic E-state index is 0.0628. The van der Waals surface area contributed by atoms with Gasteiger partial charge in [-0.1, -0.05) is 9.24 Å². The third-order valence-corrected chi connectivity index (χ3v) is 1.53. The van der Waals surface area contributed by atoms with Gasteiger partial charge in [-0.15, -0.1) is 0 Å². The average molecular weight is 148 g/mol. The van der Waals surface area contributed by atoms with Crippen molar-refractivity contribution in [2.45, 2.75) is 12.3 Å². The normalized spacial score (nSPS) is 26.7. The second kappa shape index (κ2) is 2.54. The Hall–Kier alpha value is -0.270. The van der Waals surface area contributed by atoms with Gasteiger partial charge in [-0.3, -0.25) is 0 Å².